The third-order valence-electron chi connectivity index (χ3n) is 7.70. The van der Waals surface area contributed by atoms with Gasteiger partial charge in [-0.1, -0.05) is 11.8 Å². The topological polar surface area (TPSA) is 121 Å². The third kappa shape index (κ3) is 5.92. The first-order chi connectivity index (χ1) is 19.5. The molecule has 2 aliphatic rings. The molecule has 0 radical (unpaired) electrons. The molecule has 11 heteroatoms. The molecule has 1 aromatic heterocycles. The maximum Gasteiger partial charge on any atom is 0.424 e. The summed E-state index contributed by atoms with van der Waals surface area (Å²) in [6.07, 6.45) is 3.24. The van der Waals surface area contributed by atoms with Crippen LogP contribution in [0.25, 0.3) is 0 Å². The lowest BCUT2D eigenvalue weighted by Gasteiger charge is -2.50. The molecule has 2 heterocycles. The van der Waals surface area contributed by atoms with E-state index in [2.05, 4.69) is 28.3 Å². The molecule has 2 amide bonds. The number of aromatic nitrogens is 2. The van der Waals surface area contributed by atoms with E-state index in [9.17, 15) is 14.9 Å². The van der Waals surface area contributed by atoms with E-state index in [-0.39, 0.29) is 11.3 Å². The maximum absolute atomic E-state index is 13.6. The minimum atomic E-state index is -0.893. The minimum absolute atomic E-state index is 0.168. The van der Waals surface area contributed by atoms with Crippen molar-refractivity contribution in [2.75, 3.05) is 30.6 Å². The Balaban J connectivity index is 1.98. The molecular weight excluding hydrogens is 552 g/mol. The van der Waals surface area contributed by atoms with E-state index in [1.165, 1.54) is 11.8 Å². The van der Waals surface area contributed by atoms with Crippen molar-refractivity contribution in [3.8, 4) is 6.07 Å². The summed E-state index contributed by atoms with van der Waals surface area (Å²) in [4.78, 5) is 40.0. The number of carbonyl (C=O) groups is 2. The predicted octanol–water partition coefficient (Wildman–Crippen LogP) is 6.32. The number of hydrogen-bond donors (Lipinski definition) is 1. The molecule has 1 N–H and O–H groups in total. The summed E-state index contributed by atoms with van der Waals surface area (Å²) in [6, 6.07) is 4.14. The first-order valence-electron chi connectivity index (χ1n) is 14.2. The van der Waals surface area contributed by atoms with Crippen LogP contribution in [0.15, 0.2) is 11.2 Å². The number of amides is 2. The van der Waals surface area contributed by atoms with Gasteiger partial charge < -0.3 is 14.8 Å². The zero-order valence-corrected chi connectivity index (χ0v) is 27.2. The van der Waals surface area contributed by atoms with Crippen LogP contribution in [0.5, 0.6) is 0 Å². The molecule has 0 fully saturated rings. The molecule has 0 saturated carbocycles. The lowest BCUT2D eigenvalue weighted by atomic mass is 9.68. The molecule has 10 nitrogen and oxygen atoms in total. The highest BCUT2D eigenvalue weighted by atomic mass is 32.2. The van der Waals surface area contributed by atoms with Gasteiger partial charge in [0.05, 0.1) is 22.5 Å². The number of aryl methyl sites for hydroxylation is 1. The van der Waals surface area contributed by atoms with E-state index >= 15 is 0 Å². The average Bonchev–Trinajstić information content (AvgIpc) is 2.87. The second-order valence-electron chi connectivity index (χ2n) is 13.0. The average molecular weight is 595 g/mol. The van der Waals surface area contributed by atoms with Crippen molar-refractivity contribution >= 4 is 35.5 Å². The number of likely N-dealkylation sites (N-methyl/N-ethyl adjacent to an activating group) is 1. The van der Waals surface area contributed by atoms with Crippen molar-refractivity contribution in [3.05, 3.63) is 39.6 Å². The Morgan fingerprint density at radius 2 is 1.74 bits per heavy atom. The molecule has 0 bridgehead atoms. The fourth-order valence-electron chi connectivity index (χ4n) is 6.01. The number of rotatable bonds is 3. The molecule has 42 heavy (non-hydrogen) atoms. The molecule has 0 saturated heterocycles. The van der Waals surface area contributed by atoms with E-state index in [4.69, 9.17) is 14.5 Å². The second-order valence-corrected chi connectivity index (χ2v) is 13.8. The lowest BCUT2D eigenvalue weighted by molar-refractivity contribution is 0.0429. The Hall–Kier alpha value is -3.36. The van der Waals surface area contributed by atoms with Crippen LogP contribution in [0.3, 0.4) is 0 Å². The number of carbonyl (C=O) groups excluding carboxylic acids is 2. The minimum Gasteiger partial charge on any atom is -0.443 e. The number of imide groups is 1. The number of fused-ring (bicyclic) bond motifs is 3. The molecule has 2 aromatic rings. The number of nitrogens with one attached hydrogen (secondary N) is 1. The molecule has 1 aromatic carbocycles. The fraction of sp³-hybridized carbons (Fsp3) is 0.581. The van der Waals surface area contributed by atoms with Crippen LogP contribution in [0.1, 0.15) is 87.9 Å². The monoisotopic (exact) mass is 594 g/mol. The number of hydrogen-bond acceptors (Lipinski definition) is 10. The molecule has 1 aliphatic heterocycles. The highest BCUT2D eigenvalue weighted by Gasteiger charge is 2.48. The summed E-state index contributed by atoms with van der Waals surface area (Å²) in [5.41, 5.74) is 2.90. The van der Waals surface area contributed by atoms with Crippen LogP contribution in [-0.4, -0.2) is 58.6 Å². The Bertz CT molecular complexity index is 1430. The number of benzene rings is 1. The molecule has 226 valence electrons. The van der Waals surface area contributed by atoms with Gasteiger partial charge in [-0.05, 0) is 104 Å². The Kier molecular flexibility index (Phi) is 8.55. The van der Waals surface area contributed by atoms with Crippen molar-refractivity contribution in [2.24, 2.45) is 0 Å². The Morgan fingerprint density at radius 3 is 2.26 bits per heavy atom. The third-order valence-corrected chi connectivity index (χ3v) is 8.25. The van der Waals surface area contributed by atoms with Crippen LogP contribution >= 0.6 is 11.8 Å². The number of thioether (sulfide) groups is 1. The number of ether oxygens (including phenoxy) is 2. The molecule has 1 spiro atoms. The van der Waals surface area contributed by atoms with Gasteiger partial charge in [0.1, 0.15) is 23.1 Å². The highest BCUT2D eigenvalue weighted by molar-refractivity contribution is 7.98. The van der Waals surface area contributed by atoms with Crippen molar-refractivity contribution < 1.29 is 19.1 Å². The SMILES string of the molecule is CNc1nc(SC)nc2c1CN(C)C1(CCCc3c(C)cc(N(C(=O)OC(C)(C)C)C(=O)OC(C)(C)C)c(C#N)c31)C2. The van der Waals surface area contributed by atoms with Gasteiger partial charge >= 0.3 is 12.2 Å². The first kappa shape index (κ1) is 31.6. The summed E-state index contributed by atoms with van der Waals surface area (Å²) in [6.45, 7) is 12.9. The highest BCUT2D eigenvalue weighted by Crippen LogP contribution is 2.50. The van der Waals surface area contributed by atoms with Gasteiger partial charge in [0, 0.05) is 25.6 Å². The van der Waals surface area contributed by atoms with Gasteiger partial charge in [-0.3, -0.25) is 4.90 Å². The largest absolute Gasteiger partial charge is 0.443 e. The zero-order chi connectivity index (χ0) is 31.2. The summed E-state index contributed by atoms with van der Waals surface area (Å²) < 4.78 is 11.3. The molecule has 1 aliphatic carbocycles. The van der Waals surface area contributed by atoms with Crippen LogP contribution < -0.4 is 10.2 Å². The van der Waals surface area contributed by atoms with Gasteiger partial charge in [0.2, 0.25) is 0 Å². The van der Waals surface area contributed by atoms with Gasteiger partial charge in [-0.2, -0.15) is 10.2 Å². The lowest BCUT2D eigenvalue weighted by Crippen LogP contribution is -2.52. The fourth-order valence-corrected chi connectivity index (χ4v) is 6.40. The quantitative estimate of drug-likeness (QED) is 0.319. The van der Waals surface area contributed by atoms with Crippen molar-refractivity contribution in [3.63, 3.8) is 0 Å². The van der Waals surface area contributed by atoms with Crippen LogP contribution in [-0.2, 0) is 34.4 Å². The van der Waals surface area contributed by atoms with Crippen LogP contribution in [0.2, 0.25) is 0 Å². The van der Waals surface area contributed by atoms with Crippen molar-refractivity contribution in [2.45, 2.75) is 103 Å². The van der Waals surface area contributed by atoms with Crippen LogP contribution in [0, 0.1) is 18.3 Å². The molecule has 1 atom stereocenters. The normalized spacial score (nSPS) is 18.5. The van der Waals surface area contributed by atoms with Crippen LogP contribution in [0.4, 0.5) is 21.1 Å². The van der Waals surface area contributed by atoms with E-state index < -0.39 is 28.9 Å². The summed E-state index contributed by atoms with van der Waals surface area (Å²) in [7, 11) is 3.92. The standard InChI is InChI=1S/C31H42N6O4S/c1-18-14-23(37(27(38)40-29(2,3)4)28(39)41-30(5,6)7)20(16-32)24-19(18)12-11-13-31(24)15-22-21(17-36(31)9)25(33-8)35-26(34-22)42-10/h14H,11-13,15,17H2,1-10H3,(H,33,34,35). The maximum atomic E-state index is 13.6. The van der Waals surface area contributed by atoms with Gasteiger partial charge in [0.25, 0.3) is 0 Å². The number of nitriles is 1. The first-order valence-corrected chi connectivity index (χ1v) is 15.4. The predicted molar refractivity (Wildman–Crippen MR) is 164 cm³/mol. The second kappa shape index (κ2) is 11.4. The summed E-state index contributed by atoms with van der Waals surface area (Å²) in [5.74, 6) is 0.800. The number of nitrogens with zero attached hydrogens (tertiary/aromatic N) is 5. The summed E-state index contributed by atoms with van der Waals surface area (Å²) in [5, 5.41) is 14.7. The van der Waals surface area contributed by atoms with E-state index in [1.807, 2.05) is 20.2 Å². The molecule has 1 unspecified atom stereocenters. The molecular formula is C31H42N6O4S. The van der Waals surface area contributed by atoms with Crippen molar-refractivity contribution in [1.82, 2.24) is 14.9 Å². The van der Waals surface area contributed by atoms with Crippen molar-refractivity contribution in [1.29, 1.82) is 5.26 Å². The summed E-state index contributed by atoms with van der Waals surface area (Å²) >= 11 is 1.49. The van der Waals surface area contributed by atoms with Gasteiger partial charge in [0.15, 0.2) is 5.16 Å². The Labute approximate surface area is 253 Å². The Morgan fingerprint density at radius 1 is 1.12 bits per heavy atom. The van der Waals surface area contributed by atoms with Gasteiger partial charge in [-0.25, -0.2) is 19.6 Å². The van der Waals surface area contributed by atoms with E-state index in [1.54, 1.807) is 47.6 Å². The van der Waals surface area contributed by atoms with E-state index in [0.717, 1.165) is 57.9 Å². The zero-order valence-electron chi connectivity index (χ0n) is 26.4. The number of anilines is 2. The van der Waals surface area contributed by atoms with Gasteiger partial charge in [-0.15, -0.1) is 0 Å². The smallest absolute Gasteiger partial charge is 0.424 e. The van der Waals surface area contributed by atoms with E-state index in [0.29, 0.717) is 18.1 Å². The molecule has 4 rings (SSSR count).